The summed E-state index contributed by atoms with van der Waals surface area (Å²) >= 11 is 0. The molecule has 2 aliphatic heterocycles. The van der Waals surface area contributed by atoms with Crippen LogP contribution in [0.4, 0.5) is 0 Å². The van der Waals surface area contributed by atoms with Crippen molar-refractivity contribution < 1.29 is 14.3 Å². The van der Waals surface area contributed by atoms with Crippen LogP contribution in [0.2, 0.25) is 0 Å². The van der Waals surface area contributed by atoms with E-state index >= 15 is 0 Å². The van der Waals surface area contributed by atoms with Gasteiger partial charge in [-0.3, -0.25) is 14.6 Å². The summed E-state index contributed by atoms with van der Waals surface area (Å²) in [5.41, 5.74) is 7.80. The minimum absolute atomic E-state index is 0.0774. The van der Waals surface area contributed by atoms with E-state index in [0.717, 1.165) is 75.1 Å². The first-order chi connectivity index (χ1) is 14.5. The summed E-state index contributed by atoms with van der Waals surface area (Å²) in [7, 11) is 0. The molecular formula is C23H32N4O3. The molecule has 4 aliphatic rings. The first-order valence-corrected chi connectivity index (χ1v) is 11.5. The fraction of sp³-hybridized carbons (Fsp3) is 0.696. The maximum atomic E-state index is 13.1. The van der Waals surface area contributed by atoms with E-state index in [0.29, 0.717) is 32.1 Å². The average Bonchev–Trinajstić information content (AvgIpc) is 3.24. The molecule has 2 aliphatic carbocycles. The number of nitrogens with two attached hydrogens (primary N) is 1. The predicted octanol–water partition coefficient (Wildman–Crippen LogP) is 1.84. The molecule has 1 saturated heterocycles. The summed E-state index contributed by atoms with van der Waals surface area (Å²) in [5.74, 6) is 1.82. The van der Waals surface area contributed by atoms with E-state index in [1.54, 1.807) is 0 Å². The van der Waals surface area contributed by atoms with Crippen LogP contribution in [0.5, 0.6) is 5.75 Å². The molecule has 0 unspecified atom stereocenters. The van der Waals surface area contributed by atoms with Crippen molar-refractivity contribution in [3.05, 3.63) is 23.5 Å². The number of pyridine rings is 1. The lowest BCUT2D eigenvalue weighted by Gasteiger charge is -2.44. The normalized spacial score (nSPS) is 27.8. The second kappa shape index (κ2) is 7.84. The van der Waals surface area contributed by atoms with E-state index in [4.69, 9.17) is 15.5 Å². The summed E-state index contributed by atoms with van der Waals surface area (Å²) in [4.78, 5) is 34.3. The number of rotatable bonds is 3. The molecule has 2 N–H and O–H groups in total. The molecule has 7 nitrogen and oxygen atoms in total. The van der Waals surface area contributed by atoms with Gasteiger partial charge in [-0.2, -0.15) is 0 Å². The molecule has 2 amide bonds. The molecule has 3 fully saturated rings. The smallest absolute Gasteiger partial charge is 0.242 e. The Bertz CT molecular complexity index is 822. The van der Waals surface area contributed by atoms with Crippen molar-refractivity contribution in [1.82, 2.24) is 14.8 Å². The summed E-state index contributed by atoms with van der Waals surface area (Å²) in [6.45, 7) is 3.22. The van der Waals surface area contributed by atoms with Crippen LogP contribution in [0.25, 0.3) is 0 Å². The summed E-state index contributed by atoms with van der Waals surface area (Å²) in [6.07, 6.45) is 7.39. The van der Waals surface area contributed by atoms with E-state index in [2.05, 4.69) is 12.1 Å². The van der Waals surface area contributed by atoms with Crippen LogP contribution in [-0.2, 0) is 16.0 Å². The van der Waals surface area contributed by atoms with E-state index < -0.39 is 5.54 Å². The topological polar surface area (TPSA) is 88.8 Å². The number of amides is 2. The highest BCUT2D eigenvalue weighted by atomic mass is 16.5. The molecule has 30 heavy (non-hydrogen) atoms. The average molecular weight is 413 g/mol. The number of fused-ring (bicyclic) bond motifs is 1. The monoisotopic (exact) mass is 412 g/mol. The van der Waals surface area contributed by atoms with Gasteiger partial charge in [0, 0.05) is 50.1 Å². The standard InChI is InChI=1S/C23H32N4O3/c24-23(9-1-10-23)22(29)27-13-11-26(12-14-27)21(28)17-4-2-16(3-5-17)18-6-7-20-19(25-18)8-15-30-20/h6-7,16-17H,1-5,8-15,24H2. The SMILES string of the molecule is NC1(C(=O)N2CCN(C(=O)C3CCC(c4ccc5c(n4)CCO5)CC3)CC2)CCC1. The third-order valence-corrected chi connectivity index (χ3v) is 7.60. The summed E-state index contributed by atoms with van der Waals surface area (Å²) < 4.78 is 5.56. The van der Waals surface area contributed by atoms with Gasteiger partial charge < -0.3 is 20.3 Å². The Morgan fingerprint density at radius 1 is 1.03 bits per heavy atom. The molecule has 162 valence electrons. The third-order valence-electron chi connectivity index (χ3n) is 7.60. The minimum Gasteiger partial charge on any atom is -0.491 e. The zero-order valence-corrected chi connectivity index (χ0v) is 17.6. The zero-order chi connectivity index (χ0) is 20.7. The molecule has 0 atom stereocenters. The van der Waals surface area contributed by atoms with Gasteiger partial charge >= 0.3 is 0 Å². The van der Waals surface area contributed by atoms with Crippen LogP contribution in [0.3, 0.4) is 0 Å². The maximum absolute atomic E-state index is 13.1. The van der Waals surface area contributed by atoms with Crippen molar-refractivity contribution >= 4 is 11.8 Å². The predicted molar refractivity (Wildman–Crippen MR) is 112 cm³/mol. The lowest BCUT2D eigenvalue weighted by atomic mass is 9.76. The van der Waals surface area contributed by atoms with E-state index in [-0.39, 0.29) is 17.7 Å². The highest BCUT2D eigenvalue weighted by Crippen LogP contribution is 2.37. The summed E-state index contributed by atoms with van der Waals surface area (Å²) in [6, 6.07) is 4.15. The molecule has 1 aromatic rings. The molecule has 0 aromatic carbocycles. The van der Waals surface area contributed by atoms with Gasteiger partial charge in [-0.25, -0.2) is 0 Å². The third kappa shape index (κ3) is 3.57. The van der Waals surface area contributed by atoms with Gasteiger partial charge in [-0.15, -0.1) is 0 Å². The van der Waals surface area contributed by atoms with E-state index in [9.17, 15) is 9.59 Å². The Balaban J connectivity index is 1.12. The van der Waals surface area contributed by atoms with Gasteiger partial charge in [0.05, 0.1) is 17.8 Å². The van der Waals surface area contributed by atoms with Crippen molar-refractivity contribution in [2.45, 2.75) is 62.8 Å². The van der Waals surface area contributed by atoms with Crippen molar-refractivity contribution in [3.8, 4) is 5.75 Å². The molecule has 1 aromatic heterocycles. The first kappa shape index (κ1) is 19.8. The highest BCUT2D eigenvalue weighted by Gasteiger charge is 2.43. The fourth-order valence-electron chi connectivity index (χ4n) is 5.41. The number of hydrogen-bond donors (Lipinski definition) is 1. The zero-order valence-electron chi connectivity index (χ0n) is 17.6. The Morgan fingerprint density at radius 2 is 1.73 bits per heavy atom. The lowest BCUT2D eigenvalue weighted by molar-refractivity contribution is -0.147. The molecular weight excluding hydrogens is 380 g/mol. The highest BCUT2D eigenvalue weighted by molar-refractivity contribution is 5.87. The van der Waals surface area contributed by atoms with Crippen LogP contribution in [0.1, 0.15) is 62.3 Å². The number of carbonyl (C=O) groups excluding carboxylic acids is 2. The minimum atomic E-state index is -0.637. The maximum Gasteiger partial charge on any atom is 0.242 e. The number of piperazine rings is 1. The van der Waals surface area contributed by atoms with Gasteiger partial charge in [0.1, 0.15) is 5.75 Å². The number of ether oxygens (including phenoxy) is 1. The van der Waals surface area contributed by atoms with Crippen LogP contribution in [0.15, 0.2) is 12.1 Å². The largest absolute Gasteiger partial charge is 0.491 e. The number of carbonyl (C=O) groups is 2. The van der Waals surface area contributed by atoms with Crippen molar-refractivity contribution in [2.75, 3.05) is 32.8 Å². The molecule has 7 heteroatoms. The van der Waals surface area contributed by atoms with Gasteiger partial charge in [0.2, 0.25) is 11.8 Å². The van der Waals surface area contributed by atoms with E-state index in [1.165, 1.54) is 0 Å². The van der Waals surface area contributed by atoms with Crippen molar-refractivity contribution in [1.29, 1.82) is 0 Å². The van der Waals surface area contributed by atoms with Crippen LogP contribution >= 0.6 is 0 Å². The van der Waals surface area contributed by atoms with Crippen molar-refractivity contribution in [3.63, 3.8) is 0 Å². The molecule has 2 saturated carbocycles. The second-order valence-corrected chi connectivity index (χ2v) is 9.46. The quantitative estimate of drug-likeness (QED) is 0.818. The number of nitrogens with zero attached hydrogens (tertiary/aromatic N) is 3. The van der Waals surface area contributed by atoms with E-state index in [1.807, 2.05) is 9.80 Å². The van der Waals surface area contributed by atoms with Crippen LogP contribution < -0.4 is 10.5 Å². The van der Waals surface area contributed by atoms with Gasteiger partial charge in [-0.1, -0.05) is 0 Å². The second-order valence-electron chi connectivity index (χ2n) is 9.46. The van der Waals surface area contributed by atoms with Crippen molar-refractivity contribution in [2.24, 2.45) is 11.7 Å². The fourth-order valence-corrected chi connectivity index (χ4v) is 5.41. The van der Waals surface area contributed by atoms with Crippen LogP contribution in [0, 0.1) is 5.92 Å². The number of aromatic nitrogens is 1. The molecule has 0 bridgehead atoms. The van der Waals surface area contributed by atoms with Crippen LogP contribution in [-0.4, -0.2) is 64.9 Å². The number of hydrogen-bond acceptors (Lipinski definition) is 5. The Labute approximate surface area is 177 Å². The summed E-state index contributed by atoms with van der Waals surface area (Å²) in [5, 5.41) is 0. The van der Waals surface area contributed by atoms with Gasteiger partial charge in [0.15, 0.2) is 0 Å². The lowest BCUT2D eigenvalue weighted by Crippen LogP contribution is -2.63. The Kier molecular flexibility index (Phi) is 5.17. The molecule has 3 heterocycles. The molecule has 0 radical (unpaired) electrons. The first-order valence-electron chi connectivity index (χ1n) is 11.5. The van der Waals surface area contributed by atoms with Gasteiger partial charge in [-0.05, 0) is 57.1 Å². The van der Waals surface area contributed by atoms with Gasteiger partial charge in [0.25, 0.3) is 0 Å². The molecule has 5 rings (SSSR count). The molecule has 0 spiro atoms. The Hall–Kier alpha value is -2.15. The Morgan fingerprint density at radius 3 is 2.40 bits per heavy atom.